The molecule has 2 saturated heterocycles. The van der Waals surface area contributed by atoms with E-state index in [0.29, 0.717) is 31.1 Å². The first-order valence-electron chi connectivity index (χ1n) is 12.1. The van der Waals surface area contributed by atoms with Crippen LogP contribution in [-0.4, -0.2) is 73.0 Å². The number of fused-ring (bicyclic) bond motifs is 1. The van der Waals surface area contributed by atoms with Crippen molar-refractivity contribution in [1.29, 1.82) is 0 Å². The van der Waals surface area contributed by atoms with Crippen molar-refractivity contribution in [2.75, 3.05) is 51.3 Å². The Kier molecular flexibility index (Phi) is 6.43. The number of anilines is 1. The first-order chi connectivity index (χ1) is 16.6. The number of piperidine rings is 1. The van der Waals surface area contributed by atoms with E-state index >= 15 is 0 Å². The number of H-pyrrole nitrogens is 1. The van der Waals surface area contributed by atoms with Gasteiger partial charge in [0.2, 0.25) is 5.91 Å². The topological polar surface area (TPSA) is 68.9 Å². The number of benzene rings is 2. The third-order valence-electron chi connectivity index (χ3n) is 7.18. The predicted octanol–water partition coefficient (Wildman–Crippen LogP) is 3.77. The Morgan fingerprint density at radius 1 is 0.912 bits per heavy atom. The molecule has 178 valence electrons. The highest BCUT2D eigenvalue weighted by Gasteiger charge is 2.28. The van der Waals surface area contributed by atoms with Gasteiger partial charge in [-0.2, -0.15) is 0 Å². The van der Waals surface area contributed by atoms with Crippen LogP contribution in [0.25, 0.3) is 10.9 Å². The van der Waals surface area contributed by atoms with Crippen molar-refractivity contribution in [2.45, 2.75) is 19.3 Å². The summed E-state index contributed by atoms with van der Waals surface area (Å²) >= 11 is 0. The van der Waals surface area contributed by atoms with Crippen LogP contribution in [0.5, 0.6) is 5.75 Å². The Hall–Kier alpha value is -3.48. The summed E-state index contributed by atoms with van der Waals surface area (Å²) in [5.74, 6) is 1.38. The van der Waals surface area contributed by atoms with Gasteiger partial charge >= 0.3 is 0 Å². The van der Waals surface area contributed by atoms with Gasteiger partial charge in [0, 0.05) is 68.3 Å². The van der Waals surface area contributed by atoms with E-state index < -0.39 is 0 Å². The fourth-order valence-electron chi connectivity index (χ4n) is 5.09. The molecule has 2 fully saturated rings. The number of amides is 2. The number of aromatic amines is 1. The number of aromatic nitrogens is 1. The molecule has 3 heterocycles. The number of nitrogens with zero attached hydrogens (tertiary/aromatic N) is 3. The third-order valence-corrected chi connectivity index (χ3v) is 7.18. The lowest BCUT2D eigenvalue weighted by atomic mass is 9.92. The Morgan fingerprint density at radius 3 is 2.35 bits per heavy atom. The molecule has 0 bridgehead atoms. The number of para-hydroxylation sites is 1. The summed E-state index contributed by atoms with van der Waals surface area (Å²) in [5.41, 5.74) is 2.73. The zero-order valence-corrected chi connectivity index (χ0v) is 19.7. The average molecular weight is 461 g/mol. The summed E-state index contributed by atoms with van der Waals surface area (Å²) in [6, 6.07) is 18.1. The minimum atomic E-state index is 0.0250. The zero-order chi connectivity index (χ0) is 23.5. The molecule has 2 amide bonds. The summed E-state index contributed by atoms with van der Waals surface area (Å²) in [7, 11) is 1.63. The third kappa shape index (κ3) is 4.74. The van der Waals surface area contributed by atoms with Gasteiger partial charge in [-0.15, -0.1) is 0 Å². The quantitative estimate of drug-likeness (QED) is 0.629. The van der Waals surface area contributed by atoms with Crippen molar-refractivity contribution in [2.24, 2.45) is 5.92 Å². The monoisotopic (exact) mass is 460 g/mol. The van der Waals surface area contributed by atoms with Gasteiger partial charge in [-0.3, -0.25) is 9.59 Å². The minimum absolute atomic E-state index is 0.0250. The van der Waals surface area contributed by atoms with E-state index in [4.69, 9.17) is 4.74 Å². The molecule has 0 spiro atoms. The van der Waals surface area contributed by atoms with Gasteiger partial charge in [0.15, 0.2) is 0 Å². The maximum absolute atomic E-state index is 13.0. The van der Waals surface area contributed by atoms with Crippen LogP contribution in [0.4, 0.5) is 5.69 Å². The molecule has 2 aromatic carbocycles. The Balaban J connectivity index is 1.10. The highest BCUT2D eigenvalue weighted by molar-refractivity contribution is 5.98. The molecule has 3 aromatic rings. The molecule has 0 saturated carbocycles. The van der Waals surface area contributed by atoms with E-state index in [1.807, 2.05) is 40.1 Å². The number of piperazine rings is 1. The van der Waals surface area contributed by atoms with Crippen LogP contribution in [0.1, 0.15) is 29.8 Å². The number of hydrogen-bond donors (Lipinski definition) is 1. The van der Waals surface area contributed by atoms with E-state index in [9.17, 15) is 9.59 Å². The molecular formula is C27H32N4O3. The van der Waals surface area contributed by atoms with Crippen LogP contribution in [0.15, 0.2) is 54.6 Å². The second-order valence-corrected chi connectivity index (χ2v) is 9.28. The normalized spacial score (nSPS) is 17.3. The summed E-state index contributed by atoms with van der Waals surface area (Å²) in [6.07, 6.45) is 2.32. The van der Waals surface area contributed by atoms with Crippen molar-refractivity contribution < 1.29 is 14.3 Å². The van der Waals surface area contributed by atoms with Crippen molar-refractivity contribution in [3.63, 3.8) is 0 Å². The average Bonchev–Trinajstić information content (AvgIpc) is 3.33. The number of carbonyl (C=O) groups is 2. The largest absolute Gasteiger partial charge is 0.497 e. The fraction of sp³-hybridized carbons (Fsp3) is 0.407. The second-order valence-electron chi connectivity index (χ2n) is 9.28. The Labute approximate surface area is 200 Å². The van der Waals surface area contributed by atoms with Gasteiger partial charge in [0.05, 0.1) is 7.11 Å². The lowest BCUT2D eigenvalue weighted by molar-refractivity contribution is -0.132. The zero-order valence-electron chi connectivity index (χ0n) is 19.7. The fourth-order valence-corrected chi connectivity index (χ4v) is 5.09. The number of nitrogens with one attached hydrogen (secondary N) is 1. The summed E-state index contributed by atoms with van der Waals surface area (Å²) in [4.78, 5) is 35.4. The van der Waals surface area contributed by atoms with Crippen LogP contribution in [-0.2, 0) is 4.79 Å². The second kappa shape index (κ2) is 9.79. The SMILES string of the molecule is COc1ccc2cc(C(=O)N3CCC(CC(=O)N4CCN(c5ccccc5)CC4)CC3)[nH]c2c1. The molecule has 0 aliphatic carbocycles. The van der Waals surface area contributed by atoms with Gasteiger partial charge in [-0.25, -0.2) is 0 Å². The number of hydrogen-bond acceptors (Lipinski definition) is 4. The number of carbonyl (C=O) groups excluding carboxylic acids is 2. The number of rotatable bonds is 5. The van der Waals surface area contributed by atoms with E-state index in [0.717, 1.165) is 55.7 Å². The highest BCUT2D eigenvalue weighted by atomic mass is 16.5. The van der Waals surface area contributed by atoms with Gasteiger partial charge < -0.3 is 24.4 Å². The van der Waals surface area contributed by atoms with Crippen molar-refractivity contribution in [1.82, 2.24) is 14.8 Å². The molecule has 2 aliphatic rings. The summed E-state index contributed by atoms with van der Waals surface area (Å²) < 4.78 is 5.27. The van der Waals surface area contributed by atoms with Crippen molar-refractivity contribution in [3.8, 4) is 5.75 Å². The molecule has 2 aliphatic heterocycles. The van der Waals surface area contributed by atoms with Crippen molar-refractivity contribution in [3.05, 3.63) is 60.3 Å². The van der Waals surface area contributed by atoms with Crippen LogP contribution < -0.4 is 9.64 Å². The molecule has 1 aromatic heterocycles. The highest BCUT2D eigenvalue weighted by Crippen LogP contribution is 2.26. The van der Waals surface area contributed by atoms with Crippen LogP contribution >= 0.6 is 0 Å². The van der Waals surface area contributed by atoms with Crippen molar-refractivity contribution >= 4 is 28.4 Å². The standard InChI is InChI=1S/C27H32N4O3/c1-34-23-8-7-21-18-25(28-24(21)19-23)27(33)31-11-9-20(10-12-31)17-26(32)30-15-13-29(14-16-30)22-5-3-2-4-6-22/h2-8,18-20,28H,9-17H2,1H3. The van der Waals surface area contributed by atoms with Gasteiger partial charge in [-0.1, -0.05) is 18.2 Å². The first kappa shape index (κ1) is 22.3. The number of likely N-dealkylation sites (tertiary alicyclic amines) is 1. The Bertz CT molecular complexity index is 1140. The molecule has 7 heteroatoms. The minimum Gasteiger partial charge on any atom is -0.497 e. The maximum Gasteiger partial charge on any atom is 0.270 e. The summed E-state index contributed by atoms with van der Waals surface area (Å²) in [5, 5.41) is 0.997. The molecule has 34 heavy (non-hydrogen) atoms. The van der Waals surface area contributed by atoms with Crippen LogP contribution in [0.3, 0.4) is 0 Å². The van der Waals surface area contributed by atoms with Crippen LogP contribution in [0.2, 0.25) is 0 Å². The molecule has 1 N–H and O–H groups in total. The first-order valence-corrected chi connectivity index (χ1v) is 12.1. The van der Waals surface area contributed by atoms with Gasteiger partial charge in [0.25, 0.3) is 5.91 Å². The number of ether oxygens (including phenoxy) is 1. The molecule has 0 radical (unpaired) electrons. The molecule has 0 atom stereocenters. The Morgan fingerprint density at radius 2 is 1.65 bits per heavy atom. The number of methoxy groups -OCH3 is 1. The van der Waals surface area contributed by atoms with Gasteiger partial charge in [0.1, 0.15) is 11.4 Å². The van der Waals surface area contributed by atoms with Gasteiger partial charge in [-0.05, 0) is 49.1 Å². The van der Waals surface area contributed by atoms with E-state index in [1.54, 1.807) is 7.11 Å². The molecule has 7 nitrogen and oxygen atoms in total. The van der Waals surface area contributed by atoms with E-state index in [1.165, 1.54) is 5.69 Å². The summed E-state index contributed by atoms with van der Waals surface area (Å²) in [6.45, 7) is 4.68. The molecule has 0 unspecified atom stereocenters. The van der Waals surface area contributed by atoms with E-state index in [2.05, 4.69) is 34.1 Å². The lowest BCUT2D eigenvalue weighted by Crippen LogP contribution is -2.49. The van der Waals surface area contributed by atoms with Crippen LogP contribution in [0, 0.1) is 5.92 Å². The van der Waals surface area contributed by atoms with E-state index in [-0.39, 0.29) is 11.8 Å². The predicted molar refractivity (Wildman–Crippen MR) is 133 cm³/mol. The molecular weight excluding hydrogens is 428 g/mol. The smallest absolute Gasteiger partial charge is 0.270 e. The molecule has 5 rings (SSSR count). The lowest BCUT2D eigenvalue weighted by Gasteiger charge is -2.37. The maximum atomic E-state index is 13.0.